The molecule has 0 bridgehead atoms. The number of carboxylic acid groups (broad SMARTS) is 1. The third kappa shape index (κ3) is 3.57. The summed E-state index contributed by atoms with van der Waals surface area (Å²) in [5.41, 5.74) is 0. The molecular weight excluding hydrogens is 330 g/mol. The maximum Gasteiger partial charge on any atom is 0.307 e. The molecule has 1 fully saturated rings. The molecule has 0 spiro atoms. The summed E-state index contributed by atoms with van der Waals surface area (Å²) in [7, 11) is 0. The second-order valence-electron chi connectivity index (χ2n) is 5.08. The van der Waals surface area contributed by atoms with Gasteiger partial charge >= 0.3 is 5.97 Å². The normalized spacial score (nSPS) is 26.3. The lowest BCUT2D eigenvalue weighted by Gasteiger charge is -2.15. The minimum atomic E-state index is -0.858. The molecule has 1 saturated carbocycles. The van der Waals surface area contributed by atoms with Crippen LogP contribution in [0.25, 0.3) is 0 Å². The molecule has 2 N–H and O–H groups in total. The first-order valence-corrected chi connectivity index (χ1v) is 7.88. The van der Waals surface area contributed by atoms with E-state index in [1.54, 1.807) is 11.3 Å². The fourth-order valence-corrected chi connectivity index (χ4v) is 4.00. The highest BCUT2D eigenvalue weighted by Crippen LogP contribution is 2.36. The first-order valence-electron chi connectivity index (χ1n) is 6.20. The Balaban J connectivity index is 1.93. The summed E-state index contributed by atoms with van der Waals surface area (Å²) in [4.78, 5) is 24.3. The molecule has 6 heteroatoms. The quantitative estimate of drug-likeness (QED) is 0.881. The summed E-state index contributed by atoms with van der Waals surface area (Å²) in [6, 6.07) is 1.96. The highest BCUT2D eigenvalue weighted by Gasteiger charge is 2.40. The first kappa shape index (κ1) is 14.5. The van der Waals surface area contributed by atoms with Crippen molar-refractivity contribution in [3.05, 3.63) is 20.8 Å². The molecule has 3 unspecified atom stereocenters. The Morgan fingerprint density at radius 3 is 2.74 bits per heavy atom. The summed E-state index contributed by atoms with van der Waals surface area (Å²) in [5, 5.41) is 14.0. The Hall–Kier alpha value is -0.880. The second kappa shape index (κ2) is 6.05. The van der Waals surface area contributed by atoms with E-state index in [0.29, 0.717) is 25.3 Å². The predicted molar refractivity (Wildman–Crippen MR) is 76.9 cm³/mol. The van der Waals surface area contributed by atoms with Crippen LogP contribution in [0.4, 0.5) is 0 Å². The molecule has 19 heavy (non-hydrogen) atoms. The maximum atomic E-state index is 12.1. The van der Waals surface area contributed by atoms with Gasteiger partial charge in [-0.05, 0) is 40.8 Å². The summed E-state index contributed by atoms with van der Waals surface area (Å²) >= 11 is 4.93. The van der Waals surface area contributed by atoms with Crippen molar-refractivity contribution in [1.29, 1.82) is 0 Å². The summed E-state index contributed by atoms with van der Waals surface area (Å²) in [6.07, 6.45) is 1.26. The van der Waals surface area contributed by atoms with Crippen LogP contribution >= 0.6 is 27.3 Å². The Labute approximate surface area is 124 Å². The fraction of sp³-hybridized carbons (Fsp3) is 0.538. The molecule has 0 aliphatic heterocycles. The zero-order valence-electron chi connectivity index (χ0n) is 10.6. The van der Waals surface area contributed by atoms with Crippen LogP contribution < -0.4 is 5.32 Å². The SMILES string of the molecule is CC1CC(C(=O)O)C(C(=O)NCc2cc(Br)cs2)C1. The van der Waals surface area contributed by atoms with Crippen molar-refractivity contribution in [3.63, 3.8) is 0 Å². The van der Waals surface area contributed by atoms with Crippen molar-refractivity contribution in [2.24, 2.45) is 17.8 Å². The van der Waals surface area contributed by atoms with Gasteiger partial charge in [0.1, 0.15) is 0 Å². The van der Waals surface area contributed by atoms with E-state index in [-0.39, 0.29) is 5.91 Å². The van der Waals surface area contributed by atoms with Crippen LogP contribution in [0.5, 0.6) is 0 Å². The highest BCUT2D eigenvalue weighted by molar-refractivity contribution is 9.10. The van der Waals surface area contributed by atoms with Crippen LogP contribution in [0.3, 0.4) is 0 Å². The molecule has 1 aromatic heterocycles. The van der Waals surface area contributed by atoms with E-state index in [1.807, 2.05) is 18.4 Å². The van der Waals surface area contributed by atoms with E-state index in [1.165, 1.54) is 0 Å². The average molecular weight is 346 g/mol. The fourth-order valence-electron chi connectivity index (χ4n) is 2.61. The number of carbonyl (C=O) groups is 2. The van der Waals surface area contributed by atoms with Crippen molar-refractivity contribution in [3.8, 4) is 0 Å². The number of thiophene rings is 1. The number of carbonyl (C=O) groups excluding carboxylic acids is 1. The summed E-state index contributed by atoms with van der Waals surface area (Å²) in [6.45, 7) is 2.46. The molecule has 0 saturated heterocycles. The summed E-state index contributed by atoms with van der Waals surface area (Å²) in [5.74, 6) is -1.63. The van der Waals surface area contributed by atoms with Crippen LogP contribution in [0.2, 0.25) is 0 Å². The maximum absolute atomic E-state index is 12.1. The molecule has 3 atom stereocenters. The van der Waals surface area contributed by atoms with E-state index in [2.05, 4.69) is 21.2 Å². The highest BCUT2D eigenvalue weighted by atomic mass is 79.9. The molecule has 1 aliphatic rings. The lowest BCUT2D eigenvalue weighted by molar-refractivity contribution is -0.146. The van der Waals surface area contributed by atoms with Gasteiger partial charge in [0.05, 0.1) is 18.4 Å². The van der Waals surface area contributed by atoms with Gasteiger partial charge in [0.25, 0.3) is 0 Å². The van der Waals surface area contributed by atoms with Crippen LogP contribution in [-0.4, -0.2) is 17.0 Å². The number of carboxylic acids is 1. The van der Waals surface area contributed by atoms with Crippen molar-refractivity contribution < 1.29 is 14.7 Å². The molecule has 1 amide bonds. The standard InChI is InChI=1S/C13H16BrNO3S/c1-7-2-10(11(3-7)13(17)18)12(16)15-5-9-4-8(14)6-19-9/h4,6-7,10-11H,2-3,5H2,1H3,(H,15,16)(H,17,18). The Kier molecular flexibility index (Phi) is 4.62. The van der Waals surface area contributed by atoms with Gasteiger partial charge in [-0.15, -0.1) is 11.3 Å². The molecule has 4 nitrogen and oxygen atoms in total. The number of hydrogen-bond acceptors (Lipinski definition) is 3. The number of hydrogen-bond donors (Lipinski definition) is 2. The van der Waals surface area contributed by atoms with Gasteiger partial charge in [0, 0.05) is 14.7 Å². The monoisotopic (exact) mass is 345 g/mol. The minimum absolute atomic E-state index is 0.138. The molecular formula is C13H16BrNO3S. The van der Waals surface area contributed by atoms with E-state index in [9.17, 15) is 9.59 Å². The van der Waals surface area contributed by atoms with Crippen LogP contribution in [-0.2, 0) is 16.1 Å². The van der Waals surface area contributed by atoms with Gasteiger partial charge < -0.3 is 10.4 Å². The average Bonchev–Trinajstić information content (AvgIpc) is 2.92. The Morgan fingerprint density at radius 1 is 1.47 bits per heavy atom. The number of halogens is 1. The third-order valence-electron chi connectivity index (χ3n) is 3.51. The van der Waals surface area contributed by atoms with E-state index >= 15 is 0 Å². The van der Waals surface area contributed by atoms with E-state index in [0.717, 1.165) is 9.35 Å². The topological polar surface area (TPSA) is 66.4 Å². The minimum Gasteiger partial charge on any atom is -0.481 e. The van der Waals surface area contributed by atoms with Crippen molar-refractivity contribution in [2.75, 3.05) is 0 Å². The smallest absolute Gasteiger partial charge is 0.307 e. The molecule has 2 rings (SSSR count). The molecule has 1 aliphatic carbocycles. The van der Waals surface area contributed by atoms with Gasteiger partial charge in [-0.1, -0.05) is 6.92 Å². The molecule has 1 aromatic rings. The van der Waals surface area contributed by atoms with Crippen LogP contribution in [0, 0.1) is 17.8 Å². The number of amides is 1. The number of nitrogens with one attached hydrogen (secondary N) is 1. The molecule has 0 radical (unpaired) electrons. The lowest BCUT2D eigenvalue weighted by atomic mass is 9.95. The van der Waals surface area contributed by atoms with Gasteiger partial charge in [-0.25, -0.2) is 0 Å². The van der Waals surface area contributed by atoms with Crippen molar-refractivity contribution >= 4 is 39.1 Å². The lowest BCUT2D eigenvalue weighted by Crippen LogP contribution is -2.34. The van der Waals surface area contributed by atoms with Crippen molar-refractivity contribution in [2.45, 2.75) is 26.3 Å². The van der Waals surface area contributed by atoms with Gasteiger partial charge in [0.2, 0.25) is 5.91 Å². The number of aliphatic carboxylic acids is 1. The molecule has 104 valence electrons. The van der Waals surface area contributed by atoms with Crippen LogP contribution in [0.15, 0.2) is 15.9 Å². The van der Waals surface area contributed by atoms with Crippen LogP contribution in [0.1, 0.15) is 24.6 Å². The third-order valence-corrected chi connectivity index (χ3v) is 5.21. The van der Waals surface area contributed by atoms with Gasteiger partial charge in [-0.3, -0.25) is 9.59 Å². The van der Waals surface area contributed by atoms with Crippen molar-refractivity contribution in [1.82, 2.24) is 5.32 Å². The summed E-state index contributed by atoms with van der Waals surface area (Å²) < 4.78 is 1.000. The number of rotatable bonds is 4. The van der Waals surface area contributed by atoms with E-state index < -0.39 is 17.8 Å². The van der Waals surface area contributed by atoms with E-state index in [4.69, 9.17) is 5.11 Å². The van der Waals surface area contributed by atoms with Gasteiger partial charge in [-0.2, -0.15) is 0 Å². The largest absolute Gasteiger partial charge is 0.481 e. The first-order chi connectivity index (χ1) is 8.97. The molecule has 1 heterocycles. The zero-order chi connectivity index (χ0) is 14.0. The zero-order valence-corrected chi connectivity index (χ0v) is 13.0. The Bertz CT molecular complexity index is 488. The second-order valence-corrected chi connectivity index (χ2v) is 6.99. The molecule has 0 aromatic carbocycles. The Morgan fingerprint density at radius 2 is 2.16 bits per heavy atom. The predicted octanol–water partition coefficient (Wildman–Crippen LogP) is 2.87. The van der Waals surface area contributed by atoms with Gasteiger partial charge in [0.15, 0.2) is 0 Å².